The highest BCUT2D eigenvalue weighted by atomic mass is 35.5. The molecular weight excluding hydrogens is 262 g/mol. The van der Waals surface area contributed by atoms with Crippen molar-refractivity contribution in [3.8, 4) is 0 Å². The lowest BCUT2D eigenvalue weighted by Crippen LogP contribution is -2.26. The predicted octanol–water partition coefficient (Wildman–Crippen LogP) is 2.66. The number of pyridine rings is 1. The third-order valence-corrected chi connectivity index (χ3v) is 3.03. The first-order valence-electron chi connectivity index (χ1n) is 6.25. The van der Waals surface area contributed by atoms with Crippen molar-refractivity contribution < 1.29 is 0 Å². The largest absolute Gasteiger partial charge is 0.296 e. The summed E-state index contributed by atoms with van der Waals surface area (Å²) in [7, 11) is 0. The lowest BCUT2D eigenvalue weighted by atomic mass is 10.2. The summed E-state index contributed by atoms with van der Waals surface area (Å²) in [5, 5.41) is 0.253. The fourth-order valence-electron chi connectivity index (χ4n) is 1.93. The Bertz CT molecular complexity index is 608. The van der Waals surface area contributed by atoms with Gasteiger partial charge in [-0.25, -0.2) is 4.98 Å². The number of halogens is 1. The van der Waals surface area contributed by atoms with Gasteiger partial charge in [-0.3, -0.25) is 14.3 Å². The third kappa shape index (κ3) is 3.41. The lowest BCUT2D eigenvalue weighted by Gasteiger charge is -2.14. The monoisotopic (exact) mass is 277 g/mol. The molecule has 2 heterocycles. The Labute approximate surface area is 117 Å². The maximum atomic E-state index is 12.0. The molecule has 0 bridgehead atoms. The summed E-state index contributed by atoms with van der Waals surface area (Å²) in [6.07, 6.45) is 2.45. The normalized spacial score (nSPS) is 10.9. The zero-order chi connectivity index (χ0) is 13.8. The molecule has 0 spiro atoms. The molecule has 4 nitrogen and oxygen atoms in total. The Kier molecular flexibility index (Phi) is 4.32. The molecule has 0 aromatic carbocycles. The maximum absolute atomic E-state index is 12.0. The molecule has 0 saturated carbocycles. The summed E-state index contributed by atoms with van der Waals surface area (Å²) in [4.78, 5) is 20.5. The molecule has 0 fully saturated rings. The van der Waals surface area contributed by atoms with Gasteiger partial charge in [0.2, 0.25) is 0 Å². The second kappa shape index (κ2) is 5.97. The number of hydrogen-bond donors (Lipinski definition) is 0. The van der Waals surface area contributed by atoms with Gasteiger partial charge in [-0.05, 0) is 12.1 Å². The molecule has 100 valence electrons. The minimum atomic E-state index is -0.111. The van der Waals surface area contributed by atoms with Gasteiger partial charge in [0.05, 0.1) is 0 Å². The maximum Gasteiger partial charge on any atom is 0.255 e. The van der Waals surface area contributed by atoms with E-state index in [4.69, 9.17) is 11.6 Å². The molecule has 0 aliphatic heterocycles. The van der Waals surface area contributed by atoms with Crippen LogP contribution in [0.5, 0.6) is 0 Å². The summed E-state index contributed by atoms with van der Waals surface area (Å²) in [6.45, 7) is 4.55. The predicted molar refractivity (Wildman–Crippen MR) is 75.5 cm³/mol. The van der Waals surface area contributed by atoms with E-state index in [0.717, 1.165) is 5.69 Å². The zero-order valence-corrected chi connectivity index (χ0v) is 11.8. The summed E-state index contributed by atoms with van der Waals surface area (Å²) < 4.78 is 1.67. The Morgan fingerprint density at radius 3 is 2.79 bits per heavy atom. The van der Waals surface area contributed by atoms with Gasteiger partial charge >= 0.3 is 0 Å². The highest BCUT2D eigenvalue weighted by Crippen LogP contribution is 2.13. The summed E-state index contributed by atoms with van der Waals surface area (Å²) in [5.74, 6) is 0.864. The first kappa shape index (κ1) is 13.7. The first-order valence-corrected chi connectivity index (χ1v) is 6.63. The Balaban J connectivity index is 2.27. The first-order chi connectivity index (χ1) is 9.08. The van der Waals surface area contributed by atoms with E-state index in [-0.39, 0.29) is 16.6 Å². The van der Waals surface area contributed by atoms with E-state index in [9.17, 15) is 4.79 Å². The van der Waals surface area contributed by atoms with E-state index in [1.807, 2.05) is 32.0 Å². The van der Waals surface area contributed by atoms with Crippen LogP contribution in [0.3, 0.4) is 0 Å². The molecule has 19 heavy (non-hydrogen) atoms. The lowest BCUT2D eigenvalue weighted by molar-refractivity contribution is 0.576. The van der Waals surface area contributed by atoms with Crippen LogP contribution in [0.15, 0.2) is 35.3 Å². The van der Waals surface area contributed by atoms with Gasteiger partial charge in [-0.1, -0.05) is 31.5 Å². The van der Waals surface area contributed by atoms with Crippen molar-refractivity contribution in [2.75, 3.05) is 0 Å². The van der Waals surface area contributed by atoms with Gasteiger partial charge in [0, 0.05) is 36.8 Å². The van der Waals surface area contributed by atoms with Crippen LogP contribution in [0.4, 0.5) is 0 Å². The van der Waals surface area contributed by atoms with Crippen molar-refractivity contribution in [1.29, 1.82) is 0 Å². The molecule has 2 aromatic heterocycles. The average molecular weight is 278 g/mol. The van der Waals surface area contributed by atoms with Crippen molar-refractivity contribution in [3.05, 3.63) is 57.5 Å². The summed E-state index contributed by atoms with van der Waals surface area (Å²) in [6, 6.07) is 7.11. The van der Waals surface area contributed by atoms with E-state index in [0.29, 0.717) is 18.8 Å². The topological polar surface area (TPSA) is 47.8 Å². The van der Waals surface area contributed by atoms with Gasteiger partial charge in [-0.2, -0.15) is 0 Å². The molecular formula is C14H16ClN3O. The molecule has 0 aliphatic carbocycles. The fourth-order valence-corrected chi connectivity index (χ4v) is 2.11. The molecule has 0 atom stereocenters. The molecule has 2 rings (SSSR count). The second-order valence-electron chi connectivity index (χ2n) is 4.65. The molecule has 0 unspecified atom stereocenters. The molecule has 0 saturated heterocycles. The highest BCUT2D eigenvalue weighted by molar-refractivity contribution is 6.29. The van der Waals surface area contributed by atoms with Crippen LogP contribution in [0.25, 0.3) is 0 Å². The number of aromatic nitrogens is 3. The number of nitrogens with zero attached hydrogens (tertiary/aromatic N) is 3. The average Bonchev–Trinajstić information content (AvgIpc) is 2.38. The van der Waals surface area contributed by atoms with Crippen LogP contribution < -0.4 is 5.56 Å². The fraction of sp³-hybridized carbons (Fsp3) is 0.357. The Morgan fingerprint density at radius 1 is 1.37 bits per heavy atom. The van der Waals surface area contributed by atoms with Gasteiger partial charge < -0.3 is 0 Å². The van der Waals surface area contributed by atoms with E-state index in [1.165, 1.54) is 6.07 Å². The molecule has 2 aromatic rings. The Hall–Kier alpha value is -1.68. The smallest absolute Gasteiger partial charge is 0.255 e. The van der Waals surface area contributed by atoms with Gasteiger partial charge in [0.25, 0.3) is 5.56 Å². The molecule has 0 N–H and O–H groups in total. The van der Waals surface area contributed by atoms with Crippen molar-refractivity contribution in [3.63, 3.8) is 0 Å². The molecule has 5 heteroatoms. The minimum absolute atomic E-state index is 0.111. The SMILES string of the molecule is CC(C)c1nc(Cl)cc(=O)n1CCc1ccccn1. The zero-order valence-electron chi connectivity index (χ0n) is 11.0. The quantitative estimate of drug-likeness (QED) is 0.807. The van der Waals surface area contributed by atoms with Gasteiger partial charge in [-0.15, -0.1) is 0 Å². The third-order valence-electron chi connectivity index (χ3n) is 2.84. The molecule has 0 amide bonds. The van der Waals surface area contributed by atoms with Crippen LogP contribution >= 0.6 is 11.6 Å². The summed E-state index contributed by atoms with van der Waals surface area (Å²) >= 11 is 5.85. The van der Waals surface area contributed by atoms with Crippen molar-refractivity contribution in [2.24, 2.45) is 0 Å². The summed E-state index contributed by atoms with van der Waals surface area (Å²) in [5.41, 5.74) is 0.846. The van der Waals surface area contributed by atoms with Crippen molar-refractivity contribution in [2.45, 2.75) is 32.7 Å². The van der Waals surface area contributed by atoms with Gasteiger partial charge in [0.15, 0.2) is 0 Å². The second-order valence-corrected chi connectivity index (χ2v) is 5.04. The van der Waals surface area contributed by atoms with Crippen molar-refractivity contribution in [1.82, 2.24) is 14.5 Å². The number of rotatable bonds is 4. The van der Waals surface area contributed by atoms with Crippen LogP contribution in [0.1, 0.15) is 31.3 Å². The van der Waals surface area contributed by atoms with Crippen LogP contribution in [-0.2, 0) is 13.0 Å². The van der Waals surface area contributed by atoms with E-state index >= 15 is 0 Å². The van der Waals surface area contributed by atoms with Gasteiger partial charge in [0.1, 0.15) is 11.0 Å². The van der Waals surface area contributed by atoms with Crippen LogP contribution in [0.2, 0.25) is 5.15 Å². The van der Waals surface area contributed by atoms with E-state index in [1.54, 1.807) is 10.8 Å². The van der Waals surface area contributed by atoms with E-state index < -0.39 is 0 Å². The van der Waals surface area contributed by atoms with E-state index in [2.05, 4.69) is 9.97 Å². The number of hydrogen-bond acceptors (Lipinski definition) is 3. The van der Waals surface area contributed by atoms with Crippen molar-refractivity contribution >= 4 is 11.6 Å². The van der Waals surface area contributed by atoms with Crippen LogP contribution in [-0.4, -0.2) is 14.5 Å². The molecule has 0 radical (unpaired) electrons. The number of aryl methyl sites for hydroxylation is 1. The minimum Gasteiger partial charge on any atom is -0.296 e. The Morgan fingerprint density at radius 2 is 2.16 bits per heavy atom. The highest BCUT2D eigenvalue weighted by Gasteiger charge is 2.11. The van der Waals surface area contributed by atoms with Crippen LogP contribution in [0, 0.1) is 0 Å². The molecule has 0 aliphatic rings. The standard InChI is InChI=1S/C14H16ClN3O/c1-10(2)14-17-12(15)9-13(19)18(14)8-6-11-5-3-4-7-16-11/h3-5,7,9-10H,6,8H2,1-2H3.